The van der Waals surface area contributed by atoms with Gasteiger partial charge in [-0.1, -0.05) is 41.9 Å². The van der Waals surface area contributed by atoms with Gasteiger partial charge in [-0.3, -0.25) is 4.79 Å². The van der Waals surface area contributed by atoms with Gasteiger partial charge in [-0.05, 0) is 29.7 Å². The summed E-state index contributed by atoms with van der Waals surface area (Å²) >= 11 is 3.34. The number of hydrogen-bond donors (Lipinski definition) is 1. The van der Waals surface area contributed by atoms with E-state index in [0.717, 1.165) is 10.0 Å². The molecule has 0 fully saturated rings. The van der Waals surface area contributed by atoms with Crippen LogP contribution in [-0.2, 0) is 14.3 Å². The molecule has 0 aliphatic carbocycles. The van der Waals surface area contributed by atoms with Crippen LogP contribution < -0.4 is 5.32 Å². The van der Waals surface area contributed by atoms with Crippen LogP contribution in [0.15, 0.2) is 34.8 Å². The zero-order valence-electron chi connectivity index (χ0n) is 11.6. The number of rotatable bonds is 6. The van der Waals surface area contributed by atoms with Crippen LogP contribution in [0.5, 0.6) is 0 Å². The maximum absolute atomic E-state index is 11.4. The minimum Gasteiger partial charge on any atom is -0.452 e. The summed E-state index contributed by atoms with van der Waals surface area (Å²) in [5.74, 6) is -0.460. The van der Waals surface area contributed by atoms with Gasteiger partial charge in [-0.25, -0.2) is 4.79 Å². The number of benzene rings is 1. The van der Waals surface area contributed by atoms with Gasteiger partial charge >= 0.3 is 5.97 Å². The van der Waals surface area contributed by atoms with E-state index in [1.165, 1.54) is 6.08 Å². The fraction of sp³-hybridized carbons (Fsp3) is 0.333. The first kappa shape index (κ1) is 16.4. The monoisotopic (exact) mass is 339 g/mol. The average molecular weight is 340 g/mol. The third-order valence-electron chi connectivity index (χ3n) is 2.31. The Kier molecular flexibility index (Phi) is 7.01. The zero-order valence-corrected chi connectivity index (χ0v) is 13.1. The first-order valence-electron chi connectivity index (χ1n) is 6.34. The van der Waals surface area contributed by atoms with Gasteiger partial charge in [0.15, 0.2) is 6.61 Å². The topological polar surface area (TPSA) is 55.4 Å². The van der Waals surface area contributed by atoms with Crippen LogP contribution in [0.1, 0.15) is 19.4 Å². The minimum absolute atomic E-state index is 0.256. The Hall–Kier alpha value is -1.62. The highest BCUT2D eigenvalue weighted by atomic mass is 79.9. The number of nitrogens with one attached hydrogen (secondary N) is 1. The molecule has 1 aromatic rings. The molecule has 0 heterocycles. The van der Waals surface area contributed by atoms with E-state index in [4.69, 9.17) is 4.74 Å². The first-order chi connectivity index (χ1) is 9.47. The third-order valence-corrected chi connectivity index (χ3v) is 2.81. The van der Waals surface area contributed by atoms with E-state index in [9.17, 15) is 9.59 Å². The van der Waals surface area contributed by atoms with E-state index < -0.39 is 5.97 Å². The molecule has 108 valence electrons. The predicted octanol–water partition coefficient (Wildman–Crippen LogP) is 2.78. The molecular weight excluding hydrogens is 322 g/mol. The Morgan fingerprint density at radius 1 is 1.40 bits per heavy atom. The number of hydrogen-bond acceptors (Lipinski definition) is 3. The van der Waals surface area contributed by atoms with Crippen LogP contribution >= 0.6 is 15.9 Å². The number of amides is 1. The van der Waals surface area contributed by atoms with E-state index in [1.807, 2.05) is 38.1 Å². The van der Waals surface area contributed by atoms with Crippen LogP contribution in [-0.4, -0.2) is 25.0 Å². The summed E-state index contributed by atoms with van der Waals surface area (Å²) in [5, 5.41) is 2.67. The quantitative estimate of drug-likeness (QED) is 0.640. The van der Waals surface area contributed by atoms with Crippen LogP contribution in [0.3, 0.4) is 0 Å². The van der Waals surface area contributed by atoms with Crippen molar-refractivity contribution in [3.63, 3.8) is 0 Å². The van der Waals surface area contributed by atoms with Gasteiger partial charge in [0.25, 0.3) is 5.91 Å². The standard InChI is InChI=1S/C15H18BrNO3/c1-11(2)9-17-14(18)10-20-15(19)7-6-12-4-3-5-13(16)8-12/h3-8,11H,9-10H2,1-2H3,(H,17,18)/b7-6+. The van der Waals surface area contributed by atoms with Crippen LogP contribution in [0, 0.1) is 5.92 Å². The molecule has 0 saturated carbocycles. The van der Waals surface area contributed by atoms with Gasteiger partial charge in [0.2, 0.25) is 0 Å². The van der Waals surface area contributed by atoms with Crippen molar-refractivity contribution in [3.8, 4) is 0 Å². The van der Waals surface area contributed by atoms with Crippen LogP contribution in [0.4, 0.5) is 0 Å². The molecule has 0 radical (unpaired) electrons. The molecule has 0 atom stereocenters. The summed E-state index contributed by atoms with van der Waals surface area (Å²) < 4.78 is 5.77. The molecular formula is C15H18BrNO3. The number of carbonyl (C=O) groups is 2. The molecule has 0 aromatic heterocycles. The summed E-state index contributed by atoms with van der Waals surface area (Å²) in [6, 6.07) is 7.51. The number of carbonyl (C=O) groups excluding carboxylic acids is 2. The van der Waals surface area contributed by atoms with Gasteiger partial charge in [0, 0.05) is 17.1 Å². The Morgan fingerprint density at radius 3 is 2.80 bits per heavy atom. The van der Waals surface area contributed by atoms with Gasteiger partial charge in [0.05, 0.1) is 0 Å². The fourth-order valence-corrected chi connectivity index (χ4v) is 1.75. The lowest BCUT2D eigenvalue weighted by atomic mass is 10.2. The van der Waals surface area contributed by atoms with E-state index in [1.54, 1.807) is 6.08 Å². The molecule has 1 rings (SSSR count). The van der Waals surface area contributed by atoms with Gasteiger partial charge in [-0.15, -0.1) is 0 Å². The smallest absolute Gasteiger partial charge is 0.331 e. The summed E-state index contributed by atoms with van der Waals surface area (Å²) in [4.78, 5) is 22.8. The summed E-state index contributed by atoms with van der Waals surface area (Å²) in [6.07, 6.45) is 2.94. The Bertz CT molecular complexity index is 498. The predicted molar refractivity (Wildman–Crippen MR) is 82.0 cm³/mol. The summed E-state index contributed by atoms with van der Waals surface area (Å²) in [6.45, 7) is 4.30. The zero-order chi connectivity index (χ0) is 15.0. The van der Waals surface area contributed by atoms with Gasteiger partial charge < -0.3 is 10.1 Å². The number of esters is 1. The second-order valence-electron chi connectivity index (χ2n) is 4.69. The van der Waals surface area contributed by atoms with Crippen molar-refractivity contribution in [2.75, 3.05) is 13.2 Å². The highest BCUT2D eigenvalue weighted by Gasteiger charge is 2.05. The van der Waals surface area contributed by atoms with Gasteiger partial charge in [-0.2, -0.15) is 0 Å². The van der Waals surface area contributed by atoms with Crippen molar-refractivity contribution in [2.24, 2.45) is 5.92 Å². The van der Waals surface area contributed by atoms with Crippen LogP contribution in [0.2, 0.25) is 0 Å². The van der Waals surface area contributed by atoms with Crippen molar-refractivity contribution in [3.05, 3.63) is 40.4 Å². The Balaban J connectivity index is 2.35. The van der Waals surface area contributed by atoms with Crippen molar-refractivity contribution in [1.29, 1.82) is 0 Å². The molecule has 1 aromatic carbocycles. The highest BCUT2D eigenvalue weighted by molar-refractivity contribution is 9.10. The highest BCUT2D eigenvalue weighted by Crippen LogP contribution is 2.12. The lowest BCUT2D eigenvalue weighted by Crippen LogP contribution is -2.31. The molecule has 0 aliphatic heterocycles. The molecule has 0 saturated heterocycles. The molecule has 1 N–H and O–H groups in total. The van der Waals surface area contributed by atoms with Crippen molar-refractivity contribution in [2.45, 2.75) is 13.8 Å². The lowest BCUT2D eigenvalue weighted by Gasteiger charge is -2.07. The Morgan fingerprint density at radius 2 is 2.15 bits per heavy atom. The van der Waals surface area contributed by atoms with Gasteiger partial charge in [0.1, 0.15) is 0 Å². The van der Waals surface area contributed by atoms with Crippen molar-refractivity contribution in [1.82, 2.24) is 5.32 Å². The third kappa shape index (κ3) is 7.09. The first-order valence-corrected chi connectivity index (χ1v) is 7.14. The fourth-order valence-electron chi connectivity index (χ4n) is 1.33. The number of halogens is 1. The number of ether oxygens (including phenoxy) is 1. The van der Waals surface area contributed by atoms with E-state index >= 15 is 0 Å². The van der Waals surface area contributed by atoms with Crippen molar-refractivity contribution >= 4 is 33.9 Å². The minimum atomic E-state index is -0.537. The molecule has 0 spiro atoms. The SMILES string of the molecule is CC(C)CNC(=O)COC(=O)/C=C/c1cccc(Br)c1. The van der Waals surface area contributed by atoms with Crippen LogP contribution in [0.25, 0.3) is 6.08 Å². The second-order valence-corrected chi connectivity index (χ2v) is 5.61. The maximum Gasteiger partial charge on any atom is 0.331 e. The summed E-state index contributed by atoms with van der Waals surface area (Å²) in [5.41, 5.74) is 0.876. The molecule has 5 heteroatoms. The van der Waals surface area contributed by atoms with Crippen molar-refractivity contribution < 1.29 is 14.3 Å². The molecule has 1 amide bonds. The molecule has 0 unspecified atom stereocenters. The normalized spacial score (nSPS) is 10.8. The largest absolute Gasteiger partial charge is 0.452 e. The molecule has 0 bridgehead atoms. The Labute approximate surface area is 127 Å². The summed E-state index contributed by atoms with van der Waals surface area (Å²) in [7, 11) is 0. The maximum atomic E-state index is 11.4. The molecule has 0 aliphatic rings. The lowest BCUT2D eigenvalue weighted by molar-refractivity contribution is -0.143. The molecule has 20 heavy (non-hydrogen) atoms. The molecule has 4 nitrogen and oxygen atoms in total. The van der Waals surface area contributed by atoms with E-state index in [0.29, 0.717) is 12.5 Å². The van der Waals surface area contributed by atoms with E-state index in [-0.39, 0.29) is 12.5 Å². The average Bonchev–Trinajstić information content (AvgIpc) is 2.40. The second kappa shape index (κ2) is 8.53. The van der Waals surface area contributed by atoms with E-state index in [2.05, 4.69) is 21.2 Å².